The Hall–Kier alpha value is -5.78. The first-order valence-corrected chi connectivity index (χ1v) is 16.1. The number of pyridine rings is 2. The number of nitrogens with two attached hydrogens (primary N) is 1. The summed E-state index contributed by atoms with van der Waals surface area (Å²) >= 11 is 6.18. The molecule has 12 heteroatoms. The number of aromatic nitrogens is 4. The number of carbonyl (C=O) groups excluding carboxylic acids is 2. The van der Waals surface area contributed by atoms with Gasteiger partial charge >= 0.3 is 0 Å². The molecule has 1 saturated heterocycles. The molecule has 0 saturated carbocycles. The lowest BCUT2D eigenvalue weighted by Gasteiger charge is -2.29. The fourth-order valence-corrected chi connectivity index (χ4v) is 6.12. The van der Waals surface area contributed by atoms with Crippen molar-refractivity contribution in [1.82, 2.24) is 24.8 Å². The number of rotatable bonds is 9. The van der Waals surface area contributed by atoms with Crippen LogP contribution in [-0.4, -0.2) is 63.1 Å². The molecule has 11 nitrogen and oxygen atoms in total. The minimum atomic E-state index is -0.333. The molecule has 1 aliphatic heterocycles. The van der Waals surface area contributed by atoms with Gasteiger partial charge in [0, 0.05) is 42.8 Å². The molecule has 1 aliphatic rings. The Bertz CT molecular complexity index is 2180. The van der Waals surface area contributed by atoms with Gasteiger partial charge in [0.1, 0.15) is 17.1 Å². The van der Waals surface area contributed by atoms with E-state index in [0.717, 1.165) is 41.3 Å². The monoisotopic (exact) mass is 673 g/mol. The zero-order chi connectivity index (χ0) is 33.9. The summed E-state index contributed by atoms with van der Waals surface area (Å²) in [5.74, 6) is 0.342. The topological polar surface area (TPSA) is 148 Å². The lowest BCUT2D eigenvalue weighted by molar-refractivity contribution is -0.120. The van der Waals surface area contributed by atoms with E-state index < -0.39 is 0 Å². The number of nitrogen functional groups attached to an aromatic ring is 1. The van der Waals surface area contributed by atoms with Crippen LogP contribution in [0.15, 0.2) is 91.1 Å². The molecule has 49 heavy (non-hydrogen) atoms. The Morgan fingerprint density at radius 1 is 0.980 bits per heavy atom. The van der Waals surface area contributed by atoms with Crippen LogP contribution in [0.4, 0.5) is 11.5 Å². The molecule has 0 bridgehead atoms. The number of carbonyl (C=O) groups is 2. The SMILES string of the molecule is Nc1ncccc1-c1nc2ccc(-c3cccc(N4CCOCC4)c3)nc2n1-c1ccc(CNC(=O)Cc2ccc(C=O)c(O)c2Cl)cc1. The Labute approximate surface area is 287 Å². The van der Waals surface area contributed by atoms with Crippen molar-refractivity contribution >= 4 is 46.5 Å². The molecule has 246 valence electrons. The van der Waals surface area contributed by atoms with Crippen molar-refractivity contribution in [3.05, 3.63) is 113 Å². The van der Waals surface area contributed by atoms with Crippen LogP contribution in [0.1, 0.15) is 21.5 Å². The number of phenolic OH excluding ortho intramolecular Hbond substituents is 1. The molecular weight excluding hydrogens is 642 g/mol. The quantitative estimate of drug-likeness (QED) is 0.167. The smallest absolute Gasteiger partial charge is 0.224 e. The molecular formula is C37H32ClN7O4. The van der Waals surface area contributed by atoms with E-state index in [2.05, 4.69) is 33.4 Å². The molecule has 4 heterocycles. The van der Waals surface area contributed by atoms with Gasteiger partial charge in [-0.15, -0.1) is 0 Å². The minimum Gasteiger partial charge on any atom is -0.506 e. The second-order valence-electron chi connectivity index (χ2n) is 11.6. The van der Waals surface area contributed by atoms with Crippen molar-refractivity contribution < 1.29 is 19.4 Å². The molecule has 4 N–H and O–H groups in total. The van der Waals surface area contributed by atoms with Gasteiger partial charge in [0.15, 0.2) is 17.8 Å². The third-order valence-electron chi connectivity index (χ3n) is 8.49. The van der Waals surface area contributed by atoms with Crippen LogP contribution in [0.5, 0.6) is 5.75 Å². The number of imidazole rings is 1. The fourth-order valence-electron chi connectivity index (χ4n) is 5.89. The number of morpholine rings is 1. The van der Waals surface area contributed by atoms with Gasteiger partial charge in [-0.05, 0) is 65.7 Å². The van der Waals surface area contributed by atoms with Gasteiger partial charge in [-0.25, -0.2) is 15.0 Å². The maximum Gasteiger partial charge on any atom is 0.224 e. The Balaban J connectivity index is 1.18. The maximum atomic E-state index is 12.7. The number of aromatic hydroxyl groups is 1. The molecule has 1 amide bonds. The summed E-state index contributed by atoms with van der Waals surface area (Å²) in [6.45, 7) is 3.36. The molecule has 0 atom stereocenters. The van der Waals surface area contributed by atoms with E-state index in [1.807, 2.05) is 59.2 Å². The van der Waals surface area contributed by atoms with Crippen LogP contribution < -0.4 is 16.0 Å². The molecule has 0 unspecified atom stereocenters. The van der Waals surface area contributed by atoms with Crippen molar-refractivity contribution in [2.24, 2.45) is 0 Å². The van der Waals surface area contributed by atoms with E-state index in [1.165, 1.54) is 6.07 Å². The van der Waals surface area contributed by atoms with E-state index in [-0.39, 0.29) is 35.2 Å². The van der Waals surface area contributed by atoms with Crippen LogP contribution in [0, 0.1) is 0 Å². The molecule has 1 fully saturated rings. The number of aldehydes is 1. The van der Waals surface area contributed by atoms with Crippen LogP contribution in [0.25, 0.3) is 39.5 Å². The van der Waals surface area contributed by atoms with Crippen LogP contribution in [0.3, 0.4) is 0 Å². The molecule has 0 aliphatic carbocycles. The number of benzene rings is 3. The zero-order valence-corrected chi connectivity index (χ0v) is 27.1. The molecule has 7 rings (SSSR count). The second-order valence-corrected chi connectivity index (χ2v) is 12.0. The predicted molar refractivity (Wildman–Crippen MR) is 189 cm³/mol. The standard InChI is InChI=1S/C37H32ClN7O4/c38-33-25(8-9-26(22-46)34(33)48)20-32(47)41-21-23-6-10-27(11-7-23)45-36(29-5-2-14-40-35(29)39)43-31-13-12-30(42-37(31)45)24-3-1-4-28(19-24)44-15-17-49-18-16-44/h1-14,19,22,48H,15-18,20-21H2,(H2,39,40)(H,41,47). The highest BCUT2D eigenvalue weighted by molar-refractivity contribution is 6.33. The molecule has 3 aromatic carbocycles. The average Bonchev–Trinajstić information content (AvgIpc) is 3.52. The largest absolute Gasteiger partial charge is 0.506 e. The second kappa shape index (κ2) is 13.8. The fraction of sp³-hybridized carbons (Fsp3) is 0.162. The lowest BCUT2D eigenvalue weighted by atomic mass is 10.1. The first kappa shape index (κ1) is 31.8. The number of nitrogens with zero attached hydrogens (tertiary/aromatic N) is 5. The van der Waals surface area contributed by atoms with Crippen molar-refractivity contribution in [3.63, 3.8) is 0 Å². The van der Waals surface area contributed by atoms with E-state index in [1.54, 1.807) is 12.3 Å². The van der Waals surface area contributed by atoms with Gasteiger partial charge in [-0.1, -0.05) is 41.9 Å². The first-order chi connectivity index (χ1) is 23.9. The highest BCUT2D eigenvalue weighted by atomic mass is 35.5. The third-order valence-corrected chi connectivity index (χ3v) is 8.91. The molecule has 6 aromatic rings. The highest BCUT2D eigenvalue weighted by Gasteiger charge is 2.20. The summed E-state index contributed by atoms with van der Waals surface area (Å²) in [7, 11) is 0. The van der Waals surface area contributed by atoms with Crippen LogP contribution in [-0.2, 0) is 22.5 Å². The lowest BCUT2D eigenvalue weighted by Crippen LogP contribution is -2.36. The zero-order valence-electron chi connectivity index (χ0n) is 26.3. The number of halogens is 1. The van der Waals surface area contributed by atoms with Crippen molar-refractivity contribution in [2.75, 3.05) is 36.9 Å². The summed E-state index contributed by atoms with van der Waals surface area (Å²) in [6.07, 6.45) is 2.10. The van der Waals surface area contributed by atoms with E-state index in [4.69, 9.17) is 32.0 Å². The average molecular weight is 674 g/mol. The van der Waals surface area contributed by atoms with Crippen molar-refractivity contribution in [1.29, 1.82) is 0 Å². The van der Waals surface area contributed by atoms with Gasteiger partial charge in [-0.3, -0.25) is 14.2 Å². The minimum absolute atomic E-state index is 0.0108. The van der Waals surface area contributed by atoms with Crippen LogP contribution >= 0.6 is 11.6 Å². The van der Waals surface area contributed by atoms with Crippen LogP contribution in [0.2, 0.25) is 5.02 Å². The summed E-state index contributed by atoms with van der Waals surface area (Å²) in [5.41, 5.74) is 13.5. The van der Waals surface area contributed by atoms with E-state index in [9.17, 15) is 14.7 Å². The number of ether oxygens (including phenoxy) is 1. The van der Waals surface area contributed by atoms with E-state index in [0.29, 0.717) is 53.4 Å². The number of phenols is 1. The van der Waals surface area contributed by atoms with E-state index >= 15 is 0 Å². The maximum absolute atomic E-state index is 12.7. The van der Waals surface area contributed by atoms with Gasteiger partial charge in [-0.2, -0.15) is 0 Å². The number of hydrogen-bond donors (Lipinski definition) is 3. The Morgan fingerprint density at radius 3 is 2.57 bits per heavy atom. The number of nitrogens with one attached hydrogen (secondary N) is 1. The number of fused-ring (bicyclic) bond motifs is 1. The first-order valence-electron chi connectivity index (χ1n) is 15.7. The third kappa shape index (κ3) is 6.54. The van der Waals surface area contributed by atoms with Gasteiger partial charge in [0.05, 0.1) is 41.5 Å². The molecule has 0 radical (unpaired) electrons. The number of amides is 1. The van der Waals surface area contributed by atoms with Gasteiger partial charge < -0.3 is 25.8 Å². The highest BCUT2D eigenvalue weighted by Crippen LogP contribution is 2.33. The molecule has 0 spiro atoms. The summed E-state index contributed by atoms with van der Waals surface area (Å²) in [5, 5.41) is 13.0. The van der Waals surface area contributed by atoms with Crippen molar-refractivity contribution in [3.8, 4) is 34.1 Å². The Morgan fingerprint density at radius 2 is 1.80 bits per heavy atom. The summed E-state index contributed by atoms with van der Waals surface area (Å²) in [6, 6.07) is 26.7. The number of anilines is 2. The Kier molecular flexibility index (Phi) is 8.93. The predicted octanol–water partition coefficient (Wildman–Crippen LogP) is 5.60. The normalized spacial score (nSPS) is 13.0. The van der Waals surface area contributed by atoms with Crippen molar-refractivity contribution in [2.45, 2.75) is 13.0 Å². The molecule has 3 aromatic heterocycles. The summed E-state index contributed by atoms with van der Waals surface area (Å²) in [4.78, 5) is 40.5. The van der Waals surface area contributed by atoms with Gasteiger partial charge in [0.2, 0.25) is 5.91 Å². The summed E-state index contributed by atoms with van der Waals surface area (Å²) < 4.78 is 7.51. The number of hydrogen-bond acceptors (Lipinski definition) is 9. The van der Waals surface area contributed by atoms with Gasteiger partial charge in [0.25, 0.3) is 0 Å².